The van der Waals surface area contributed by atoms with Crippen molar-refractivity contribution in [1.82, 2.24) is 0 Å². The van der Waals surface area contributed by atoms with Crippen LogP contribution in [-0.4, -0.2) is 12.8 Å². The van der Waals surface area contributed by atoms with Gasteiger partial charge in [0.1, 0.15) is 0 Å². The van der Waals surface area contributed by atoms with E-state index < -0.39 is 0 Å². The van der Waals surface area contributed by atoms with Crippen LogP contribution in [0.5, 0.6) is 0 Å². The third-order valence-corrected chi connectivity index (χ3v) is 14.9. The lowest BCUT2D eigenvalue weighted by Gasteiger charge is -2.51. The summed E-state index contributed by atoms with van der Waals surface area (Å²) >= 11 is 1.97. The third kappa shape index (κ3) is 4.88. The average molecular weight is 742 g/mol. The summed E-state index contributed by atoms with van der Waals surface area (Å²) < 4.78 is 2.75. The summed E-state index contributed by atoms with van der Waals surface area (Å²) in [5.41, 5.74) is 15.7. The van der Waals surface area contributed by atoms with Gasteiger partial charge in [-0.05, 0) is 106 Å². The summed E-state index contributed by atoms with van der Waals surface area (Å²) in [5.74, 6) is 0. The van der Waals surface area contributed by atoms with Gasteiger partial charge in [0, 0.05) is 43.5 Å². The Bertz CT molecular complexity index is 2880. The molecule has 0 amide bonds. The first-order chi connectivity index (χ1) is 27.1. The van der Waals surface area contributed by atoms with Gasteiger partial charge in [0.15, 0.2) is 7.28 Å². The van der Waals surface area contributed by atoms with E-state index in [0.717, 1.165) is 11.4 Å². The fourth-order valence-electron chi connectivity index (χ4n) is 10.5. The van der Waals surface area contributed by atoms with Gasteiger partial charge >= 0.3 is 0 Å². The molecule has 1 aliphatic carbocycles. The van der Waals surface area contributed by atoms with Gasteiger partial charge in [0.2, 0.25) is 0 Å². The lowest BCUT2D eigenvalue weighted by Crippen LogP contribution is -2.57. The number of hydrogen-bond donors (Lipinski definition) is 1. The van der Waals surface area contributed by atoms with E-state index in [0.29, 0.717) is 0 Å². The molecule has 0 spiro atoms. The number of nitrogens with zero attached hydrogens (tertiary/aromatic N) is 1. The van der Waals surface area contributed by atoms with E-state index in [1.807, 2.05) is 11.3 Å². The molecule has 56 heavy (non-hydrogen) atoms. The van der Waals surface area contributed by atoms with E-state index in [1.165, 1.54) is 107 Å². The van der Waals surface area contributed by atoms with Gasteiger partial charge < -0.3 is 10.2 Å². The smallest absolute Gasteiger partial charge is 0.197 e. The van der Waals surface area contributed by atoms with E-state index in [-0.39, 0.29) is 16.4 Å². The first-order valence-electron chi connectivity index (χ1n) is 20.4. The van der Waals surface area contributed by atoms with Crippen LogP contribution < -0.4 is 21.1 Å². The zero-order chi connectivity index (χ0) is 38.0. The summed E-state index contributed by atoms with van der Waals surface area (Å²) in [6.45, 7) is 12.3. The van der Waals surface area contributed by atoms with Crippen molar-refractivity contribution in [1.29, 1.82) is 0 Å². The van der Waals surface area contributed by atoms with E-state index in [1.54, 1.807) is 5.56 Å². The van der Waals surface area contributed by atoms with Crippen molar-refractivity contribution in [3.63, 3.8) is 0 Å². The van der Waals surface area contributed by atoms with Gasteiger partial charge in [-0.25, -0.2) is 0 Å². The van der Waals surface area contributed by atoms with Crippen molar-refractivity contribution >= 4 is 83.2 Å². The summed E-state index contributed by atoms with van der Waals surface area (Å²) in [6, 6.07) is 49.8. The molecule has 4 heteroatoms. The maximum atomic E-state index is 3.95. The van der Waals surface area contributed by atoms with Crippen LogP contribution in [-0.2, 0) is 10.8 Å². The second-order valence-electron chi connectivity index (χ2n) is 18.0. The zero-order valence-corrected chi connectivity index (χ0v) is 33.8. The fourth-order valence-corrected chi connectivity index (χ4v) is 11.7. The van der Waals surface area contributed by atoms with Gasteiger partial charge in [0.05, 0.1) is 15.9 Å². The molecule has 8 aromatic rings. The Morgan fingerprint density at radius 2 is 1.36 bits per heavy atom. The molecule has 3 heterocycles. The Labute approximate surface area is 335 Å². The molecule has 3 aliphatic rings. The van der Waals surface area contributed by atoms with Crippen molar-refractivity contribution in [2.45, 2.75) is 76.7 Å². The van der Waals surface area contributed by atoms with E-state index >= 15 is 0 Å². The maximum Gasteiger partial charge on any atom is 0.197 e. The number of rotatable bonds is 4. The number of benzene rings is 7. The molecule has 2 atom stereocenters. The van der Waals surface area contributed by atoms with Crippen molar-refractivity contribution in [2.75, 3.05) is 10.2 Å². The summed E-state index contributed by atoms with van der Waals surface area (Å²) in [4.78, 5) is 2.87. The number of hydrogen-bond acceptors (Lipinski definition) is 3. The molecule has 1 aromatic heterocycles. The molecule has 11 rings (SSSR count). The minimum atomic E-state index is -0.0471. The number of anilines is 4. The lowest BCUT2D eigenvalue weighted by molar-refractivity contribution is 0.195. The predicted molar refractivity (Wildman–Crippen MR) is 244 cm³/mol. The van der Waals surface area contributed by atoms with Gasteiger partial charge in [0.25, 0.3) is 0 Å². The Morgan fingerprint density at radius 3 is 2.14 bits per heavy atom. The number of nitrogens with one attached hydrogen (secondary N) is 1. The van der Waals surface area contributed by atoms with Crippen LogP contribution in [0.25, 0.3) is 53.2 Å². The summed E-state index contributed by atoms with van der Waals surface area (Å²) in [6.07, 6.45) is 4.93. The quantitative estimate of drug-likeness (QED) is 0.181. The molecule has 2 unspecified atom stereocenters. The normalized spacial score (nSPS) is 19.8. The monoisotopic (exact) mass is 741 g/mol. The van der Waals surface area contributed by atoms with Gasteiger partial charge in [-0.1, -0.05) is 143 Å². The van der Waals surface area contributed by atoms with Gasteiger partial charge in [-0.15, -0.1) is 11.3 Å². The zero-order valence-electron chi connectivity index (χ0n) is 33.0. The highest BCUT2D eigenvalue weighted by molar-refractivity contribution is 7.26. The second kappa shape index (κ2) is 12.1. The molecule has 273 valence electrons. The SMILES string of the molecule is CC(C)(C)c1cc2c3c(c1)C1(C)CCCCC1(C)N3c1c(c(-c3cc4ccccc4cc3Nc3ccc(-c4ccccc4)cc3)cc3c1sc1ccccc13)[B]2. The molecule has 2 nitrogen and oxygen atoms in total. The highest BCUT2D eigenvalue weighted by Crippen LogP contribution is 2.62. The number of thiophene rings is 1. The highest BCUT2D eigenvalue weighted by atomic mass is 32.1. The molecule has 1 saturated carbocycles. The molecule has 1 fully saturated rings. The van der Waals surface area contributed by atoms with Crippen LogP contribution in [0.1, 0.15) is 71.4 Å². The fraction of sp³-hybridized carbons (Fsp3) is 0.231. The topological polar surface area (TPSA) is 15.3 Å². The van der Waals surface area contributed by atoms with E-state index in [9.17, 15) is 0 Å². The Hall–Kier alpha value is -5.32. The standard InChI is InChI=1S/C52H46BN2S/c1-50(2,3)36-29-42-47-43(30-36)53-46-40(31-41-38-19-11-12-20-45(38)56-49(41)48(46)55(47)52(5)26-14-13-25-51(42,52)4)39-27-34-17-9-10-18-35(34)28-44(39)54-37-23-21-33(22-24-37)32-15-7-6-8-16-32/h6-12,15-24,27-31,54H,13-14,25-26H2,1-5H3. The molecule has 2 aliphatic heterocycles. The van der Waals surface area contributed by atoms with Gasteiger partial charge in [-0.3, -0.25) is 0 Å². The molecule has 7 aromatic carbocycles. The van der Waals surface area contributed by atoms with Crippen LogP contribution in [0.15, 0.2) is 133 Å². The third-order valence-electron chi connectivity index (χ3n) is 13.7. The molecular formula is C52H46BN2S. The Kier molecular flexibility index (Phi) is 7.34. The molecule has 1 radical (unpaired) electrons. The largest absolute Gasteiger partial charge is 0.355 e. The second-order valence-corrected chi connectivity index (χ2v) is 19.0. The first-order valence-corrected chi connectivity index (χ1v) is 21.2. The maximum absolute atomic E-state index is 3.95. The summed E-state index contributed by atoms with van der Waals surface area (Å²) in [5, 5.41) is 9.12. The van der Waals surface area contributed by atoms with Crippen molar-refractivity contribution < 1.29 is 0 Å². The molecular weight excluding hydrogens is 695 g/mol. The van der Waals surface area contributed by atoms with Crippen LogP contribution in [0.2, 0.25) is 0 Å². The summed E-state index contributed by atoms with van der Waals surface area (Å²) in [7, 11) is 2.57. The lowest BCUT2D eigenvalue weighted by atomic mass is 9.57. The Balaban J connectivity index is 1.19. The highest BCUT2D eigenvalue weighted by Gasteiger charge is 2.60. The van der Waals surface area contributed by atoms with Crippen LogP contribution in [0, 0.1) is 0 Å². The minimum Gasteiger partial charge on any atom is -0.355 e. The number of fused-ring (bicyclic) bond motifs is 10. The van der Waals surface area contributed by atoms with Gasteiger partial charge in [-0.2, -0.15) is 0 Å². The van der Waals surface area contributed by atoms with Crippen LogP contribution >= 0.6 is 11.3 Å². The predicted octanol–water partition coefficient (Wildman–Crippen LogP) is 13.3. The van der Waals surface area contributed by atoms with E-state index in [2.05, 4.69) is 186 Å². The first kappa shape index (κ1) is 34.0. The van der Waals surface area contributed by atoms with E-state index in [4.69, 9.17) is 0 Å². The minimum absolute atomic E-state index is 0.0399. The van der Waals surface area contributed by atoms with Crippen LogP contribution in [0.3, 0.4) is 0 Å². The van der Waals surface area contributed by atoms with Crippen molar-refractivity contribution in [3.8, 4) is 22.3 Å². The molecule has 0 saturated heterocycles. The van der Waals surface area contributed by atoms with Crippen molar-refractivity contribution in [3.05, 3.63) is 145 Å². The Morgan fingerprint density at radius 1 is 0.661 bits per heavy atom. The van der Waals surface area contributed by atoms with Crippen molar-refractivity contribution in [2.24, 2.45) is 0 Å². The molecule has 0 bridgehead atoms. The molecule has 1 N–H and O–H groups in total. The average Bonchev–Trinajstić information content (AvgIpc) is 3.68. The van der Waals surface area contributed by atoms with Crippen LogP contribution in [0.4, 0.5) is 22.7 Å².